The number of carbonyl (C=O) groups is 2. The number of nitrogens with one attached hydrogen (secondary N) is 2. The van der Waals surface area contributed by atoms with E-state index in [9.17, 15) is 9.59 Å². The molecule has 1 fully saturated rings. The van der Waals surface area contributed by atoms with Crippen molar-refractivity contribution < 1.29 is 19.1 Å². The van der Waals surface area contributed by atoms with Crippen LogP contribution in [0.15, 0.2) is 35.7 Å². The van der Waals surface area contributed by atoms with Crippen LogP contribution in [0.5, 0.6) is 11.5 Å². The number of hydrogen-bond acceptors (Lipinski definition) is 6. The molecule has 142 valence electrons. The number of thiophene rings is 1. The summed E-state index contributed by atoms with van der Waals surface area (Å²) in [5.74, 6) is 0.923. The van der Waals surface area contributed by atoms with Gasteiger partial charge in [-0.1, -0.05) is 6.07 Å². The van der Waals surface area contributed by atoms with E-state index in [0.29, 0.717) is 30.4 Å². The third-order valence-corrected chi connectivity index (χ3v) is 5.61. The van der Waals surface area contributed by atoms with E-state index >= 15 is 0 Å². The third-order valence-electron chi connectivity index (χ3n) is 4.63. The topological polar surface area (TPSA) is 79.9 Å². The fourth-order valence-electron chi connectivity index (χ4n) is 3.45. The highest BCUT2D eigenvalue weighted by Gasteiger charge is 2.28. The van der Waals surface area contributed by atoms with Gasteiger partial charge < -0.3 is 14.8 Å². The zero-order valence-electron chi connectivity index (χ0n) is 14.8. The number of anilines is 1. The van der Waals surface area contributed by atoms with Crippen molar-refractivity contribution in [3.05, 3.63) is 40.6 Å². The van der Waals surface area contributed by atoms with Crippen molar-refractivity contribution in [3.8, 4) is 11.5 Å². The number of likely N-dealkylation sites (tertiary alicyclic amines) is 1. The molecule has 2 N–H and O–H groups in total. The minimum atomic E-state index is -0.552. The first-order chi connectivity index (χ1) is 13.2. The summed E-state index contributed by atoms with van der Waals surface area (Å²) in [6, 6.07) is 8.97. The number of benzene rings is 1. The maximum Gasteiger partial charge on any atom is 0.325 e. The number of ether oxygens (including phenoxy) is 2. The Morgan fingerprint density at radius 3 is 2.85 bits per heavy atom. The van der Waals surface area contributed by atoms with Gasteiger partial charge in [-0.3, -0.25) is 15.0 Å². The predicted molar refractivity (Wildman–Crippen MR) is 102 cm³/mol. The molecule has 8 heteroatoms. The number of hydrogen-bond donors (Lipinski definition) is 2. The van der Waals surface area contributed by atoms with Crippen LogP contribution in [0.25, 0.3) is 0 Å². The van der Waals surface area contributed by atoms with Gasteiger partial charge in [0.15, 0.2) is 11.5 Å². The number of carbonyl (C=O) groups excluding carboxylic acids is 2. The fraction of sp³-hybridized carbons (Fsp3) is 0.368. The predicted octanol–water partition coefficient (Wildman–Crippen LogP) is 3.00. The highest BCUT2D eigenvalue weighted by molar-refractivity contribution is 7.10. The van der Waals surface area contributed by atoms with Crippen molar-refractivity contribution in [1.29, 1.82) is 0 Å². The minimum Gasteiger partial charge on any atom is -0.486 e. The Morgan fingerprint density at radius 1 is 1.19 bits per heavy atom. The van der Waals surface area contributed by atoms with E-state index in [1.165, 1.54) is 4.88 Å². The molecule has 1 unspecified atom stereocenters. The van der Waals surface area contributed by atoms with Crippen LogP contribution in [-0.2, 0) is 4.79 Å². The normalized spacial score (nSPS) is 18.9. The molecule has 2 aromatic rings. The SMILES string of the molecule is O=C(CN1CCCC1c1cccs1)NC(=O)Nc1ccc2c(c1)OCCO2. The molecular formula is C19H21N3O4S. The Morgan fingerprint density at radius 2 is 2.04 bits per heavy atom. The molecule has 1 saturated heterocycles. The standard InChI is InChI=1S/C19H21N3O4S/c23-18(12-22-7-1-3-14(22)17-4-2-10-27-17)21-19(24)20-13-5-6-15-16(11-13)26-9-8-25-15/h2,4-6,10-11,14H,1,3,7-9,12H2,(H2,20,21,23,24). The second-order valence-electron chi connectivity index (χ2n) is 6.50. The number of rotatable bonds is 4. The van der Waals surface area contributed by atoms with E-state index in [1.807, 2.05) is 11.4 Å². The van der Waals surface area contributed by atoms with E-state index < -0.39 is 6.03 Å². The molecule has 0 spiro atoms. The molecule has 0 bridgehead atoms. The number of amides is 3. The number of urea groups is 1. The van der Waals surface area contributed by atoms with Gasteiger partial charge in [0.2, 0.25) is 5.91 Å². The second-order valence-corrected chi connectivity index (χ2v) is 7.48. The Kier molecular flexibility index (Phi) is 5.26. The monoisotopic (exact) mass is 387 g/mol. The Balaban J connectivity index is 1.31. The molecule has 0 saturated carbocycles. The van der Waals surface area contributed by atoms with Gasteiger partial charge in [0.1, 0.15) is 13.2 Å². The van der Waals surface area contributed by atoms with Crippen molar-refractivity contribution in [2.75, 3.05) is 31.6 Å². The van der Waals surface area contributed by atoms with Gasteiger partial charge in [0.05, 0.1) is 6.54 Å². The smallest absolute Gasteiger partial charge is 0.325 e. The number of nitrogens with zero attached hydrogens (tertiary/aromatic N) is 1. The molecular weight excluding hydrogens is 366 g/mol. The van der Waals surface area contributed by atoms with Crippen LogP contribution in [0, 0.1) is 0 Å². The lowest BCUT2D eigenvalue weighted by atomic mass is 10.2. The zero-order chi connectivity index (χ0) is 18.6. The van der Waals surface area contributed by atoms with Gasteiger partial charge in [-0.2, -0.15) is 0 Å². The third kappa shape index (κ3) is 4.23. The molecule has 2 aliphatic heterocycles. The molecule has 1 aromatic heterocycles. The molecule has 3 heterocycles. The molecule has 1 atom stereocenters. The Bertz CT molecular complexity index is 824. The summed E-state index contributed by atoms with van der Waals surface area (Å²) in [7, 11) is 0. The highest BCUT2D eigenvalue weighted by Crippen LogP contribution is 2.34. The van der Waals surface area contributed by atoms with Crippen LogP contribution in [0.2, 0.25) is 0 Å². The van der Waals surface area contributed by atoms with Crippen LogP contribution < -0.4 is 20.1 Å². The molecule has 27 heavy (non-hydrogen) atoms. The molecule has 3 amide bonds. The van der Waals surface area contributed by atoms with E-state index in [1.54, 1.807) is 29.5 Å². The average Bonchev–Trinajstić information content (AvgIpc) is 3.32. The van der Waals surface area contributed by atoms with Crippen LogP contribution >= 0.6 is 11.3 Å². The van der Waals surface area contributed by atoms with Crippen molar-refractivity contribution >= 4 is 29.0 Å². The summed E-state index contributed by atoms with van der Waals surface area (Å²) < 4.78 is 10.9. The number of fused-ring (bicyclic) bond motifs is 1. The first kappa shape index (κ1) is 17.8. The second kappa shape index (κ2) is 7.98. The molecule has 0 radical (unpaired) electrons. The molecule has 2 aliphatic rings. The van der Waals surface area contributed by atoms with E-state index in [4.69, 9.17) is 9.47 Å². The van der Waals surface area contributed by atoms with Crippen molar-refractivity contribution in [3.63, 3.8) is 0 Å². The van der Waals surface area contributed by atoms with Crippen LogP contribution in [-0.4, -0.2) is 43.1 Å². The summed E-state index contributed by atoms with van der Waals surface area (Å²) in [6.45, 7) is 2.05. The van der Waals surface area contributed by atoms with Crippen LogP contribution in [0.4, 0.5) is 10.5 Å². The first-order valence-electron chi connectivity index (χ1n) is 8.97. The van der Waals surface area contributed by atoms with Crippen LogP contribution in [0.3, 0.4) is 0 Å². The summed E-state index contributed by atoms with van der Waals surface area (Å²) >= 11 is 1.70. The van der Waals surface area contributed by atoms with Gasteiger partial charge in [-0.25, -0.2) is 4.79 Å². The lowest BCUT2D eigenvalue weighted by Gasteiger charge is -2.22. The molecule has 1 aromatic carbocycles. The summed E-state index contributed by atoms with van der Waals surface area (Å²) in [5.41, 5.74) is 0.544. The lowest BCUT2D eigenvalue weighted by molar-refractivity contribution is -0.121. The van der Waals surface area contributed by atoms with Crippen molar-refractivity contribution in [2.45, 2.75) is 18.9 Å². The Hall–Kier alpha value is -2.58. The first-order valence-corrected chi connectivity index (χ1v) is 9.85. The zero-order valence-corrected chi connectivity index (χ0v) is 15.6. The summed E-state index contributed by atoms with van der Waals surface area (Å²) in [6.07, 6.45) is 2.09. The van der Waals surface area contributed by atoms with Crippen LogP contribution in [0.1, 0.15) is 23.8 Å². The maximum atomic E-state index is 12.3. The Labute approximate surface area is 161 Å². The van der Waals surface area contributed by atoms with Gasteiger partial charge in [0.25, 0.3) is 0 Å². The fourth-order valence-corrected chi connectivity index (χ4v) is 4.35. The van der Waals surface area contributed by atoms with E-state index in [2.05, 4.69) is 21.6 Å². The maximum absolute atomic E-state index is 12.3. The number of imide groups is 1. The van der Waals surface area contributed by atoms with E-state index in [-0.39, 0.29) is 18.5 Å². The highest BCUT2D eigenvalue weighted by atomic mass is 32.1. The summed E-state index contributed by atoms with van der Waals surface area (Å²) in [4.78, 5) is 27.8. The summed E-state index contributed by atoms with van der Waals surface area (Å²) in [5, 5.41) is 7.11. The average molecular weight is 387 g/mol. The van der Waals surface area contributed by atoms with Crippen molar-refractivity contribution in [1.82, 2.24) is 10.2 Å². The van der Waals surface area contributed by atoms with Crippen molar-refractivity contribution in [2.24, 2.45) is 0 Å². The van der Waals surface area contributed by atoms with Gasteiger partial charge >= 0.3 is 6.03 Å². The largest absolute Gasteiger partial charge is 0.486 e. The molecule has 7 nitrogen and oxygen atoms in total. The molecule has 0 aliphatic carbocycles. The molecule has 4 rings (SSSR count). The van der Waals surface area contributed by atoms with Gasteiger partial charge in [-0.05, 0) is 43.0 Å². The minimum absolute atomic E-state index is 0.205. The quantitative estimate of drug-likeness (QED) is 0.843. The van der Waals surface area contributed by atoms with Gasteiger partial charge in [0, 0.05) is 22.7 Å². The van der Waals surface area contributed by atoms with Gasteiger partial charge in [-0.15, -0.1) is 11.3 Å². The van der Waals surface area contributed by atoms with E-state index in [0.717, 1.165) is 19.4 Å². The lowest BCUT2D eigenvalue weighted by Crippen LogP contribution is -2.41.